The molecule has 4 N–H and O–H groups in total. The van der Waals surface area contributed by atoms with Gasteiger partial charge >= 0.3 is 0 Å². The predicted octanol–water partition coefficient (Wildman–Crippen LogP) is 0.879. The van der Waals surface area contributed by atoms with Crippen LogP contribution in [0.1, 0.15) is 10.6 Å². The predicted molar refractivity (Wildman–Crippen MR) is 75.0 cm³/mol. The number of aromatic nitrogens is 2. The second-order valence-corrected chi connectivity index (χ2v) is 4.44. The van der Waals surface area contributed by atoms with Crippen LogP contribution in [0.3, 0.4) is 0 Å². The molecule has 0 aliphatic carbocycles. The Hall–Kier alpha value is -2.54. The fourth-order valence-electron chi connectivity index (χ4n) is 1.40. The molecule has 0 radical (unpaired) electrons. The third-order valence-corrected chi connectivity index (χ3v) is 2.88. The Morgan fingerprint density at radius 3 is 2.79 bits per heavy atom. The fraction of sp³-hybridized carbons (Fsp3) is 0. The van der Waals surface area contributed by atoms with Crippen molar-refractivity contribution >= 4 is 34.9 Å². The topological polar surface area (TPSA) is 107 Å². The minimum atomic E-state index is -0.525. The van der Waals surface area contributed by atoms with E-state index in [0.717, 1.165) is 0 Å². The van der Waals surface area contributed by atoms with Gasteiger partial charge < -0.3 is 11.5 Å². The van der Waals surface area contributed by atoms with Gasteiger partial charge in [0.05, 0.1) is 5.57 Å². The first-order valence-electron chi connectivity index (χ1n) is 5.32. The van der Waals surface area contributed by atoms with Crippen molar-refractivity contribution in [1.29, 1.82) is 0 Å². The maximum absolute atomic E-state index is 12.0. The Labute approximate surface area is 113 Å². The highest BCUT2D eigenvalue weighted by Crippen LogP contribution is 2.20. The van der Waals surface area contributed by atoms with Crippen LogP contribution in [0.5, 0.6) is 0 Å². The molecule has 1 amide bonds. The standard InChI is InChI=1S/C12H11N5OS/c13-12(14)17-11(18)9(6-10-16-4-5-19-10)8-2-1-3-15-7-8/h1-7H,(H4,13,14,17,18)/b9-6+. The molecule has 6 nitrogen and oxygen atoms in total. The SMILES string of the molecule is NC(N)=NC(=O)/C(=C/c1nccs1)c1cccnc1. The summed E-state index contributed by atoms with van der Waals surface area (Å²) in [6.07, 6.45) is 6.48. The summed E-state index contributed by atoms with van der Waals surface area (Å²) in [7, 11) is 0. The third-order valence-electron chi connectivity index (χ3n) is 2.15. The summed E-state index contributed by atoms with van der Waals surface area (Å²) < 4.78 is 0. The van der Waals surface area contributed by atoms with Crippen LogP contribution in [-0.2, 0) is 4.79 Å². The average Bonchev–Trinajstić information content (AvgIpc) is 2.89. The molecule has 0 unspecified atom stereocenters. The number of carbonyl (C=O) groups excluding carboxylic acids is 1. The van der Waals surface area contributed by atoms with Crippen LogP contribution in [0.4, 0.5) is 0 Å². The molecule has 0 saturated heterocycles. The van der Waals surface area contributed by atoms with Crippen molar-refractivity contribution in [3.8, 4) is 0 Å². The number of nitrogens with zero attached hydrogens (tertiary/aromatic N) is 3. The Morgan fingerprint density at radius 2 is 2.21 bits per heavy atom. The number of carbonyl (C=O) groups is 1. The van der Waals surface area contributed by atoms with Crippen molar-refractivity contribution in [2.75, 3.05) is 0 Å². The van der Waals surface area contributed by atoms with Crippen molar-refractivity contribution in [3.05, 3.63) is 46.7 Å². The number of rotatable bonds is 3. The second kappa shape index (κ2) is 5.87. The van der Waals surface area contributed by atoms with E-state index in [2.05, 4.69) is 15.0 Å². The molecular formula is C12H11N5OS. The van der Waals surface area contributed by atoms with Crippen LogP contribution in [0.2, 0.25) is 0 Å². The lowest BCUT2D eigenvalue weighted by Crippen LogP contribution is -2.24. The van der Waals surface area contributed by atoms with Gasteiger partial charge in [0, 0.05) is 29.5 Å². The van der Waals surface area contributed by atoms with Gasteiger partial charge in [-0.05, 0) is 12.1 Å². The molecule has 0 atom stereocenters. The Bertz CT molecular complexity index is 615. The van der Waals surface area contributed by atoms with E-state index in [1.165, 1.54) is 11.3 Å². The normalized spacial score (nSPS) is 11.1. The largest absolute Gasteiger partial charge is 0.370 e. The zero-order valence-corrected chi connectivity index (χ0v) is 10.7. The van der Waals surface area contributed by atoms with Crippen LogP contribution in [-0.4, -0.2) is 21.8 Å². The average molecular weight is 273 g/mol. The summed E-state index contributed by atoms with van der Waals surface area (Å²) >= 11 is 1.41. The van der Waals surface area contributed by atoms with Gasteiger partial charge in [-0.15, -0.1) is 11.3 Å². The zero-order valence-electron chi connectivity index (χ0n) is 9.85. The van der Waals surface area contributed by atoms with Crippen LogP contribution in [0.15, 0.2) is 41.1 Å². The summed E-state index contributed by atoms with van der Waals surface area (Å²) in [5.41, 5.74) is 11.4. The van der Waals surface area contributed by atoms with Crippen LogP contribution >= 0.6 is 11.3 Å². The van der Waals surface area contributed by atoms with Gasteiger partial charge in [0.2, 0.25) is 0 Å². The van der Waals surface area contributed by atoms with Gasteiger partial charge in [-0.2, -0.15) is 4.99 Å². The molecule has 2 aromatic rings. The molecule has 0 aliphatic heterocycles. The number of thiazole rings is 1. The first-order valence-corrected chi connectivity index (χ1v) is 6.20. The number of aliphatic imine (C=N–C) groups is 1. The van der Waals surface area contributed by atoms with Gasteiger partial charge in [0.1, 0.15) is 5.01 Å². The van der Waals surface area contributed by atoms with Crippen molar-refractivity contribution < 1.29 is 4.79 Å². The minimum Gasteiger partial charge on any atom is -0.370 e. The highest BCUT2D eigenvalue weighted by atomic mass is 32.1. The smallest absolute Gasteiger partial charge is 0.280 e. The van der Waals surface area contributed by atoms with E-state index in [0.29, 0.717) is 16.1 Å². The van der Waals surface area contributed by atoms with Crippen LogP contribution in [0.25, 0.3) is 11.6 Å². The van der Waals surface area contributed by atoms with Gasteiger partial charge in [-0.25, -0.2) is 4.98 Å². The maximum atomic E-state index is 12.0. The molecule has 2 rings (SSSR count). The van der Waals surface area contributed by atoms with E-state index in [9.17, 15) is 4.79 Å². The number of hydrogen-bond donors (Lipinski definition) is 2. The van der Waals surface area contributed by atoms with E-state index in [1.54, 1.807) is 36.8 Å². The van der Waals surface area contributed by atoms with Gasteiger partial charge in [0.15, 0.2) is 5.96 Å². The van der Waals surface area contributed by atoms with Crippen molar-refractivity contribution in [2.24, 2.45) is 16.5 Å². The van der Waals surface area contributed by atoms with Crippen LogP contribution in [0, 0.1) is 0 Å². The Morgan fingerprint density at radius 1 is 1.37 bits per heavy atom. The van der Waals surface area contributed by atoms with Gasteiger partial charge in [0.25, 0.3) is 5.91 Å². The third kappa shape index (κ3) is 3.46. The lowest BCUT2D eigenvalue weighted by molar-refractivity contribution is -0.112. The number of amides is 1. The first kappa shape index (κ1) is 12.9. The summed E-state index contributed by atoms with van der Waals surface area (Å²) in [6.45, 7) is 0. The number of guanidine groups is 1. The molecule has 2 aromatic heterocycles. The summed E-state index contributed by atoms with van der Waals surface area (Å²) in [6, 6.07) is 3.49. The highest BCUT2D eigenvalue weighted by molar-refractivity contribution is 7.10. The van der Waals surface area contributed by atoms with E-state index in [1.807, 2.05) is 5.38 Å². The van der Waals surface area contributed by atoms with Crippen LogP contribution < -0.4 is 11.5 Å². The van der Waals surface area contributed by atoms with E-state index in [4.69, 9.17) is 11.5 Å². The van der Waals surface area contributed by atoms with Crippen molar-refractivity contribution in [2.45, 2.75) is 0 Å². The Kier molecular flexibility index (Phi) is 3.99. The van der Waals surface area contributed by atoms with Crippen molar-refractivity contribution in [3.63, 3.8) is 0 Å². The molecular weight excluding hydrogens is 262 g/mol. The first-order chi connectivity index (χ1) is 9.16. The quantitative estimate of drug-likeness (QED) is 0.490. The maximum Gasteiger partial charge on any atom is 0.280 e. The summed E-state index contributed by atoms with van der Waals surface area (Å²) in [5.74, 6) is -0.804. The van der Waals surface area contributed by atoms with Gasteiger partial charge in [-0.1, -0.05) is 6.07 Å². The summed E-state index contributed by atoms with van der Waals surface area (Å²) in [4.78, 5) is 23.6. The molecule has 0 fully saturated rings. The van der Waals surface area contributed by atoms with Gasteiger partial charge in [-0.3, -0.25) is 9.78 Å². The molecule has 0 aliphatic rings. The van der Waals surface area contributed by atoms with E-state index >= 15 is 0 Å². The molecule has 0 spiro atoms. The number of pyridine rings is 1. The molecule has 7 heteroatoms. The molecule has 19 heavy (non-hydrogen) atoms. The zero-order chi connectivity index (χ0) is 13.7. The van der Waals surface area contributed by atoms with Crippen molar-refractivity contribution in [1.82, 2.24) is 9.97 Å². The number of nitrogens with two attached hydrogens (primary N) is 2. The minimum absolute atomic E-state index is 0.279. The molecule has 0 saturated carbocycles. The lowest BCUT2D eigenvalue weighted by Gasteiger charge is -2.02. The second-order valence-electron chi connectivity index (χ2n) is 3.51. The Balaban J connectivity index is 2.45. The molecule has 2 heterocycles. The van der Waals surface area contributed by atoms with E-state index < -0.39 is 5.91 Å². The monoisotopic (exact) mass is 273 g/mol. The number of hydrogen-bond acceptors (Lipinski definition) is 4. The summed E-state index contributed by atoms with van der Waals surface area (Å²) in [5, 5.41) is 2.51. The molecule has 0 bridgehead atoms. The highest BCUT2D eigenvalue weighted by Gasteiger charge is 2.12. The fourth-order valence-corrected chi connectivity index (χ4v) is 1.97. The lowest BCUT2D eigenvalue weighted by atomic mass is 10.1. The van der Waals surface area contributed by atoms with E-state index in [-0.39, 0.29) is 5.96 Å². The molecule has 0 aromatic carbocycles. The molecule has 96 valence electrons.